The number of carbonyl (C=O) groups is 2. The van der Waals surface area contributed by atoms with E-state index in [2.05, 4.69) is 20.7 Å². The summed E-state index contributed by atoms with van der Waals surface area (Å²) in [6.07, 6.45) is 1.50. The molecule has 0 radical (unpaired) electrons. The summed E-state index contributed by atoms with van der Waals surface area (Å²) in [6.45, 7) is 0.611. The van der Waals surface area contributed by atoms with Crippen molar-refractivity contribution >= 4 is 27.9 Å². The van der Waals surface area contributed by atoms with Crippen LogP contribution in [0.2, 0.25) is 0 Å². The standard InChI is InChI=1S/C10H12BrNO4/c1-16-10(15)7-2-4-12(5-3-11)8(7)6-9(13)14/h2,4H,3,5-6H2,1H3,(H,13,14). The molecule has 0 saturated heterocycles. The van der Waals surface area contributed by atoms with Crippen LogP contribution < -0.4 is 0 Å². The number of esters is 1. The molecule has 1 aromatic heterocycles. The zero-order valence-corrected chi connectivity index (χ0v) is 10.4. The molecule has 0 aliphatic rings. The van der Waals surface area contributed by atoms with Crippen molar-refractivity contribution in [2.45, 2.75) is 13.0 Å². The van der Waals surface area contributed by atoms with Gasteiger partial charge in [-0.2, -0.15) is 0 Å². The van der Waals surface area contributed by atoms with E-state index in [4.69, 9.17) is 5.11 Å². The fourth-order valence-electron chi connectivity index (χ4n) is 1.44. The molecule has 5 nitrogen and oxygen atoms in total. The first-order valence-electron chi connectivity index (χ1n) is 4.64. The van der Waals surface area contributed by atoms with Crippen LogP contribution in [-0.2, 0) is 22.5 Å². The smallest absolute Gasteiger partial charge is 0.339 e. The third-order valence-corrected chi connectivity index (χ3v) is 2.48. The van der Waals surface area contributed by atoms with E-state index in [1.165, 1.54) is 7.11 Å². The Labute approximate surface area is 101 Å². The monoisotopic (exact) mass is 289 g/mol. The first-order valence-corrected chi connectivity index (χ1v) is 5.76. The first kappa shape index (κ1) is 12.8. The van der Waals surface area contributed by atoms with E-state index in [-0.39, 0.29) is 6.42 Å². The molecule has 0 spiro atoms. The van der Waals surface area contributed by atoms with E-state index in [1.807, 2.05) is 0 Å². The molecule has 1 aromatic rings. The number of hydrogen-bond acceptors (Lipinski definition) is 3. The zero-order chi connectivity index (χ0) is 12.1. The first-order chi connectivity index (χ1) is 7.60. The number of alkyl halides is 1. The van der Waals surface area contributed by atoms with Crippen molar-refractivity contribution in [3.8, 4) is 0 Å². The van der Waals surface area contributed by atoms with E-state index in [9.17, 15) is 9.59 Å². The fraction of sp³-hybridized carbons (Fsp3) is 0.400. The summed E-state index contributed by atoms with van der Waals surface area (Å²) < 4.78 is 6.32. The average Bonchev–Trinajstić information content (AvgIpc) is 2.61. The molecule has 0 aliphatic carbocycles. The zero-order valence-electron chi connectivity index (χ0n) is 8.77. The molecule has 0 aliphatic heterocycles. The van der Waals surface area contributed by atoms with Gasteiger partial charge < -0.3 is 14.4 Å². The summed E-state index contributed by atoms with van der Waals surface area (Å²) in [7, 11) is 1.27. The minimum Gasteiger partial charge on any atom is -0.481 e. The van der Waals surface area contributed by atoms with Gasteiger partial charge in [0.2, 0.25) is 0 Å². The molecule has 0 aromatic carbocycles. The highest BCUT2D eigenvalue weighted by Crippen LogP contribution is 2.14. The minimum atomic E-state index is -0.973. The van der Waals surface area contributed by atoms with Crippen molar-refractivity contribution in [1.82, 2.24) is 4.57 Å². The Kier molecular flexibility index (Phi) is 4.54. The summed E-state index contributed by atoms with van der Waals surface area (Å²) in [4.78, 5) is 22.1. The molecule has 0 amide bonds. The van der Waals surface area contributed by atoms with Gasteiger partial charge in [-0.15, -0.1) is 0 Å². The molecule has 0 atom stereocenters. The van der Waals surface area contributed by atoms with Gasteiger partial charge in [0.15, 0.2) is 0 Å². The SMILES string of the molecule is COC(=O)c1ccn(CCBr)c1CC(=O)O. The molecule has 0 fully saturated rings. The third-order valence-electron chi connectivity index (χ3n) is 2.13. The number of carboxylic acids is 1. The van der Waals surface area contributed by atoms with Crippen LogP contribution in [0.5, 0.6) is 0 Å². The Morgan fingerprint density at radius 2 is 2.25 bits per heavy atom. The quantitative estimate of drug-likeness (QED) is 0.655. The molecule has 0 bridgehead atoms. The summed E-state index contributed by atoms with van der Waals surface area (Å²) in [5.74, 6) is -1.48. The lowest BCUT2D eigenvalue weighted by Gasteiger charge is -2.07. The van der Waals surface area contributed by atoms with Gasteiger partial charge in [-0.3, -0.25) is 4.79 Å². The molecule has 1 heterocycles. The van der Waals surface area contributed by atoms with Crippen LogP contribution in [0, 0.1) is 0 Å². The van der Waals surface area contributed by atoms with Crippen molar-refractivity contribution in [2.75, 3.05) is 12.4 Å². The second-order valence-corrected chi connectivity index (χ2v) is 3.91. The van der Waals surface area contributed by atoms with E-state index in [1.54, 1.807) is 16.8 Å². The Morgan fingerprint density at radius 3 is 2.75 bits per heavy atom. The van der Waals surface area contributed by atoms with Gasteiger partial charge in [-0.05, 0) is 6.07 Å². The van der Waals surface area contributed by atoms with Gasteiger partial charge in [0.05, 0.1) is 19.1 Å². The van der Waals surface area contributed by atoms with Crippen molar-refractivity contribution in [3.05, 3.63) is 23.5 Å². The Hall–Kier alpha value is -1.30. The van der Waals surface area contributed by atoms with Gasteiger partial charge in [0.1, 0.15) is 0 Å². The fourth-order valence-corrected chi connectivity index (χ4v) is 1.82. The lowest BCUT2D eigenvalue weighted by atomic mass is 10.2. The van der Waals surface area contributed by atoms with Gasteiger partial charge in [0.25, 0.3) is 0 Å². The van der Waals surface area contributed by atoms with Gasteiger partial charge in [-0.25, -0.2) is 4.79 Å². The van der Waals surface area contributed by atoms with Gasteiger partial charge in [0, 0.05) is 23.8 Å². The largest absolute Gasteiger partial charge is 0.481 e. The average molecular weight is 290 g/mol. The molecule has 16 heavy (non-hydrogen) atoms. The highest BCUT2D eigenvalue weighted by atomic mass is 79.9. The number of aryl methyl sites for hydroxylation is 1. The summed E-state index contributed by atoms with van der Waals surface area (Å²) >= 11 is 3.27. The molecular formula is C10H12BrNO4. The van der Waals surface area contributed by atoms with Gasteiger partial charge in [-0.1, -0.05) is 15.9 Å². The summed E-state index contributed by atoms with van der Waals surface area (Å²) in [6, 6.07) is 1.58. The number of ether oxygens (including phenoxy) is 1. The van der Waals surface area contributed by atoms with Crippen LogP contribution >= 0.6 is 15.9 Å². The molecule has 88 valence electrons. The number of aromatic nitrogens is 1. The molecule has 6 heteroatoms. The predicted molar refractivity (Wildman–Crippen MR) is 60.9 cm³/mol. The summed E-state index contributed by atoms with van der Waals surface area (Å²) in [5, 5.41) is 9.47. The molecule has 1 N–H and O–H groups in total. The number of aliphatic carboxylic acids is 1. The van der Waals surface area contributed by atoms with Crippen LogP contribution in [0.15, 0.2) is 12.3 Å². The van der Waals surface area contributed by atoms with Crippen LogP contribution in [0.3, 0.4) is 0 Å². The second kappa shape index (κ2) is 5.69. The van der Waals surface area contributed by atoms with Crippen molar-refractivity contribution < 1.29 is 19.4 Å². The van der Waals surface area contributed by atoms with Crippen molar-refractivity contribution in [3.63, 3.8) is 0 Å². The van der Waals surface area contributed by atoms with Crippen LogP contribution in [0.4, 0.5) is 0 Å². The van der Waals surface area contributed by atoms with E-state index in [0.29, 0.717) is 23.1 Å². The van der Waals surface area contributed by atoms with Crippen LogP contribution in [-0.4, -0.2) is 34.1 Å². The molecular weight excluding hydrogens is 278 g/mol. The topological polar surface area (TPSA) is 68.5 Å². The third kappa shape index (κ3) is 2.85. The highest BCUT2D eigenvalue weighted by Gasteiger charge is 2.18. The number of halogens is 1. The lowest BCUT2D eigenvalue weighted by molar-refractivity contribution is -0.136. The van der Waals surface area contributed by atoms with E-state index in [0.717, 1.165) is 0 Å². The van der Waals surface area contributed by atoms with Crippen LogP contribution in [0.25, 0.3) is 0 Å². The Morgan fingerprint density at radius 1 is 1.56 bits per heavy atom. The van der Waals surface area contributed by atoms with E-state index < -0.39 is 11.9 Å². The molecule has 0 unspecified atom stereocenters. The number of methoxy groups -OCH3 is 1. The van der Waals surface area contributed by atoms with Crippen molar-refractivity contribution in [1.29, 1.82) is 0 Å². The maximum atomic E-state index is 11.4. The summed E-state index contributed by atoms with van der Waals surface area (Å²) in [5.41, 5.74) is 0.782. The molecule has 1 rings (SSSR count). The highest BCUT2D eigenvalue weighted by molar-refractivity contribution is 9.09. The van der Waals surface area contributed by atoms with Gasteiger partial charge >= 0.3 is 11.9 Å². The maximum Gasteiger partial charge on any atom is 0.339 e. The Balaban J connectivity index is 3.08. The Bertz CT molecular complexity index is 400. The number of nitrogens with zero attached hydrogens (tertiary/aromatic N) is 1. The lowest BCUT2D eigenvalue weighted by Crippen LogP contribution is -2.13. The molecule has 0 saturated carbocycles. The van der Waals surface area contributed by atoms with E-state index >= 15 is 0 Å². The number of carbonyl (C=O) groups excluding carboxylic acids is 1. The number of hydrogen-bond donors (Lipinski definition) is 1. The minimum absolute atomic E-state index is 0.190. The number of rotatable bonds is 5. The normalized spacial score (nSPS) is 10.1. The number of carboxylic acid groups (broad SMARTS) is 1. The predicted octanol–water partition coefficient (Wildman–Crippen LogP) is 1.30. The van der Waals surface area contributed by atoms with Crippen LogP contribution in [0.1, 0.15) is 16.1 Å². The van der Waals surface area contributed by atoms with Crippen molar-refractivity contribution in [2.24, 2.45) is 0 Å². The second-order valence-electron chi connectivity index (χ2n) is 3.12. The maximum absolute atomic E-state index is 11.4.